The zero-order valence-electron chi connectivity index (χ0n) is 15.6. The Labute approximate surface area is 151 Å². The molecule has 0 atom stereocenters. The van der Waals surface area contributed by atoms with E-state index in [9.17, 15) is 14.9 Å². The quantitative estimate of drug-likeness (QED) is 0.767. The van der Waals surface area contributed by atoms with E-state index in [1.54, 1.807) is 13.8 Å². The lowest BCUT2D eigenvalue weighted by Crippen LogP contribution is -2.56. The largest absolute Gasteiger partial charge is 0.369 e. The summed E-state index contributed by atoms with van der Waals surface area (Å²) in [4.78, 5) is 26.2. The van der Waals surface area contributed by atoms with Crippen LogP contribution in [0.15, 0.2) is 0 Å². The standard InChI is InChI=1S/C19H32N4O2/c1-18(2,17(21)25)9-8-16(24)22-19(14-20)10-12-23(13-11-19)15-6-4-3-5-7-15/h15H,3-13H2,1-2H3,(H2,21,25)(H,22,24). The molecule has 0 spiro atoms. The number of carbonyl (C=O) groups excluding carboxylic acids is 2. The predicted octanol–water partition coefficient (Wildman–Crippen LogP) is 2.09. The summed E-state index contributed by atoms with van der Waals surface area (Å²) in [5.41, 5.74) is 3.88. The van der Waals surface area contributed by atoms with Crippen molar-refractivity contribution in [1.82, 2.24) is 10.2 Å². The van der Waals surface area contributed by atoms with Gasteiger partial charge in [-0.2, -0.15) is 5.26 Å². The Kier molecular flexibility index (Phi) is 6.45. The van der Waals surface area contributed by atoms with Gasteiger partial charge in [-0.1, -0.05) is 33.1 Å². The SMILES string of the molecule is CC(C)(CCC(=O)NC1(C#N)CCN(C2CCCCC2)CC1)C(N)=O. The van der Waals surface area contributed by atoms with E-state index in [-0.39, 0.29) is 12.3 Å². The molecule has 0 radical (unpaired) electrons. The average Bonchev–Trinajstić information content (AvgIpc) is 2.61. The second-order valence-corrected chi connectivity index (χ2v) is 8.32. The number of hydrogen-bond acceptors (Lipinski definition) is 4. The molecule has 1 saturated carbocycles. The lowest BCUT2D eigenvalue weighted by atomic mass is 9.84. The van der Waals surface area contributed by atoms with Crippen molar-refractivity contribution in [2.75, 3.05) is 13.1 Å². The zero-order valence-corrected chi connectivity index (χ0v) is 15.6. The van der Waals surface area contributed by atoms with Crippen LogP contribution in [0, 0.1) is 16.7 Å². The van der Waals surface area contributed by atoms with Crippen LogP contribution in [0.2, 0.25) is 0 Å². The van der Waals surface area contributed by atoms with E-state index < -0.39 is 16.9 Å². The molecular formula is C19H32N4O2. The molecule has 0 aromatic heterocycles. The van der Waals surface area contributed by atoms with Crippen LogP contribution in [0.3, 0.4) is 0 Å². The molecule has 2 fully saturated rings. The monoisotopic (exact) mass is 348 g/mol. The molecule has 3 N–H and O–H groups in total. The van der Waals surface area contributed by atoms with Gasteiger partial charge in [-0.15, -0.1) is 0 Å². The summed E-state index contributed by atoms with van der Waals surface area (Å²) >= 11 is 0. The number of primary amides is 1. The van der Waals surface area contributed by atoms with Gasteiger partial charge in [0.05, 0.1) is 6.07 Å². The maximum atomic E-state index is 12.3. The Morgan fingerprint density at radius 2 is 1.84 bits per heavy atom. The van der Waals surface area contributed by atoms with Crippen molar-refractivity contribution in [3.05, 3.63) is 0 Å². The van der Waals surface area contributed by atoms with Crippen LogP contribution in [0.25, 0.3) is 0 Å². The third-order valence-electron chi connectivity index (χ3n) is 5.98. The van der Waals surface area contributed by atoms with Gasteiger partial charge in [-0.25, -0.2) is 0 Å². The molecular weight excluding hydrogens is 316 g/mol. The minimum atomic E-state index is -0.765. The molecule has 1 aliphatic heterocycles. The lowest BCUT2D eigenvalue weighted by molar-refractivity contribution is -0.127. The van der Waals surface area contributed by atoms with E-state index in [0.29, 0.717) is 25.3 Å². The Balaban J connectivity index is 1.84. The van der Waals surface area contributed by atoms with E-state index >= 15 is 0 Å². The van der Waals surface area contributed by atoms with Gasteiger partial charge < -0.3 is 16.0 Å². The predicted molar refractivity (Wildman–Crippen MR) is 96.4 cm³/mol. The van der Waals surface area contributed by atoms with Crippen LogP contribution in [0.4, 0.5) is 0 Å². The van der Waals surface area contributed by atoms with E-state index in [2.05, 4.69) is 16.3 Å². The molecule has 2 amide bonds. The number of nitriles is 1. The van der Waals surface area contributed by atoms with Gasteiger partial charge in [0, 0.05) is 31.0 Å². The van der Waals surface area contributed by atoms with E-state index in [1.165, 1.54) is 32.1 Å². The van der Waals surface area contributed by atoms with E-state index in [0.717, 1.165) is 13.1 Å². The van der Waals surface area contributed by atoms with Gasteiger partial charge in [0.25, 0.3) is 0 Å². The highest BCUT2D eigenvalue weighted by Crippen LogP contribution is 2.29. The lowest BCUT2D eigenvalue weighted by Gasteiger charge is -2.42. The molecule has 0 unspecified atom stereocenters. The first kappa shape index (κ1) is 19.7. The van der Waals surface area contributed by atoms with Crippen LogP contribution in [-0.4, -0.2) is 41.4 Å². The third kappa shape index (κ3) is 5.18. The first-order valence-electron chi connectivity index (χ1n) is 9.54. The molecule has 140 valence electrons. The molecule has 0 bridgehead atoms. The van der Waals surface area contributed by atoms with Gasteiger partial charge in [-0.05, 0) is 32.1 Å². The van der Waals surface area contributed by atoms with Crippen molar-refractivity contribution >= 4 is 11.8 Å². The number of nitrogens with two attached hydrogens (primary N) is 1. The summed E-state index contributed by atoms with van der Waals surface area (Å²) in [6, 6.07) is 2.99. The number of piperidine rings is 1. The van der Waals surface area contributed by atoms with Crippen LogP contribution < -0.4 is 11.1 Å². The highest BCUT2D eigenvalue weighted by Gasteiger charge is 2.38. The molecule has 1 aliphatic carbocycles. The fraction of sp³-hybridized carbons (Fsp3) is 0.842. The number of nitrogens with zero attached hydrogens (tertiary/aromatic N) is 2. The first-order chi connectivity index (χ1) is 11.8. The smallest absolute Gasteiger partial charge is 0.223 e. The molecule has 2 rings (SSSR count). The van der Waals surface area contributed by atoms with Gasteiger partial charge in [-0.3, -0.25) is 9.59 Å². The van der Waals surface area contributed by atoms with E-state index in [1.807, 2.05) is 0 Å². The molecule has 0 aromatic carbocycles. The summed E-state index contributed by atoms with van der Waals surface area (Å²) in [7, 11) is 0. The summed E-state index contributed by atoms with van der Waals surface area (Å²) < 4.78 is 0. The second-order valence-electron chi connectivity index (χ2n) is 8.32. The summed E-state index contributed by atoms with van der Waals surface area (Å²) in [5.74, 6) is -0.571. The molecule has 2 aliphatic rings. The van der Waals surface area contributed by atoms with Crippen LogP contribution in [0.1, 0.15) is 71.6 Å². The van der Waals surface area contributed by atoms with Crippen LogP contribution >= 0.6 is 0 Å². The first-order valence-corrected chi connectivity index (χ1v) is 9.54. The van der Waals surface area contributed by atoms with Gasteiger partial charge >= 0.3 is 0 Å². The maximum absolute atomic E-state index is 12.3. The number of hydrogen-bond donors (Lipinski definition) is 2. The highest BCUT2D eigenvalue weighted by atomic mass is 16.2. The van der Waals surface area contributed by atoms with Gasteiger partial charge in [0.1, 0.15) is 5.54 Å². The van der Waals surface area contributed by atoms with E-state index in [4.69, 9.17) is 5.73 Å². The topological polar surface area (TPSA) is 99.2 Å². The molecule has 0 aromatic rings. The zero-order chi connectivity index (χ0) is 18.5. The second kappa shape index (κ2) is 8.18. The number of rotatable bonds is 6. The number of amides is 2. The molecule has 6 heteroatoms. The fourth-order valence-corrected chi connectivity index (χ4v) is 3.86. The highest BCUT2D eigenvalue weighted by molar-refractivity contribution is 5.82. The van der Waals surface area contributed by atoms with Crippen molar-refractivity contribution in [3.8, 4) is 6.07 Å². The molecule has 25 heavy (non-hydrogen) atoms. The Morgan fingerprint density at radius 1 is 1.24 bits per heavy atom. The van der Waals surface area contributed by atoms with Crippen molar-refractivity contribution in [2.45, 2.75) is 83.2 Å². The van der Waals surface area contributed by atoms with Crippen molar-refractivity contribution in [2.24, 2.45) is 11.1 Å². The minimum Gasteiger partial charge on any atom is -0.369 e. The maximum Gasteiger partial charge on any atom is 0.223 e. The Bertz CT molecular complexity index is 524. The Hall–Kier alpha value is -1.61. The molecule has 1 saturated heterocycles. The number of carbonyl (C=O) groups is 2. The van der Waals surface area contributed by atoms with Crippen LogP contribution in [0.5, 0.6) is 0 Å². The normalized spacial score (nSPS) is 22.1. The van der Waals surface area contributed by atoms with Gasteiger partial charge in [0.15, 0.2) is 0 Å². The summed E-state index contributed by atoms with van der Waals surface area (Å²) in [5, 5.41) is 12.6. The number of nitrogens with one attached hydrogen (secondary N) is 1. The molecule has 6 nitrogen and oxygen atoms in total. The molecule has 1 heterocycles. The third-order valence-corrected chi connectivity index (χ3v) is 5.98. The van der Waals surface area contributed by atoms with Crippen molar-refractivity contribution in [1.29, 1.82) is 5.26 Å². The minimum absolute atomic E-state index is 0.165. The van der Waals surface area contributed by atoms with Gasteiger partial charge in [0.2, 0.25) is 11.8 Å². The summed E-state index contributed by atoms with van der Waals surface area (Å²) in [6.45, 7) is 5.22. The Morgan fingerprint density at radius 3 is 2.36 bits per heavy atom. The van der Waals surface area contributed by atoms with Crippen molar-refractivity contribution < 1.29 is 9.59 Å². The fourth-order valence-electron chi connectivity index (χ4n) is 3.86. The average molecular weight is 348 g/mol. The van der Waals surface area contributed by atoms with Crippen molar-refractivity contribution in [3.63, 3.8) is 0 Å². The number of likely N-dealkylation sites (tertiary alicyclic amines) is 1. The van der Waals surface area contributed by atoms with Crippen LogP contribution in [-0.2, 0) is 9.59 Å². The summed E-state index contributed by atoms with van der Waals surface area (Å²) in [6.07, 6.45) is 8.41.